The van der Waals surface area contributed by atoms with Crippen LogP contribution in [-0.4, -0.2) is 13.2 Å². The highest BCUT2D eigenvalue weighted by molar-refractivity contribution is 5.52. The number of ether oxygens (including phenoxy) is 2. The number of hydrogen-bond acceptors (Lipinski definition) is 3. The molecule has 4 heteroatoms. The molecule has 0 atom stereocenters. The third-order valence-electron chi connectivity index (χ3n) is 2.78. The Labute approximate surface area is 102 Å². The quantitative estimate of drug-likeness (QED) is 0.734. The molecule has 2 N–H and O–H groups in total. The van der Waals surface area contributed by atoms with E-state index in [4.69, 9.17) is 15.2 Å². The van der Waals surface area contributed by atoms with Crippen molar-refractivity contribution in [2.45, 2.75) is 31.8 Å². The number of rotatable bonds is 3. The van der Waals surface area contributed by atoms with E-state index in [1.807, 2.05) is 18.2 Å². The Kier molecular flexibility index (Phi) is 4.74. The molecule has 1 aliphatic rings. The van der Waals surface area contributed by atoms with Crippen LogP contribution in [0.2, 0.25) is 0 Å². The molecule has 1 aromatic carbocycles. The van der Waals surface area contributed by atoms with Crippen LogP contribution in [0.25, 0.3) is 0 Å². The van der Waals surface area contributed by atoms with Crippen molar-refractivity contribution in [2.24, 2.45) is 0 Å². The van der Waals surface area contributed by atoms with Gasteiger partial charge in [0.2, 0.25) is 0 Å². The molecule has 0 radical (unpaired) electrons. The molecule has 0 amide bonds. The lowest BCUT2D eigenvalue weighted by Crippen LogP contribution is -3.00. The van der Waals surface area contributed by atoms with E-state index in [0.29, 0.717) is 11.8 Å². The zero-order valence-corrected chi connectivity index (χ0v) is 10.2. The molecule has 16 heavy (non-hydrogen) atoms. The summed E-state index contributed by atoms with van der Waals surface area (Å²) in [7, 11) is 1.65. The Morgan fingerprint density at radius 3 is 2.50 bits per heavy atom. The van der Waals surface area contributed by atoms with Crippen molar-refractivity contribution in [1.82, 2.24) is 0 Å². The summed E-state index contributed by atoms with van der Waals surface area (Å²) in [5.74, 6) is 1.53. The Morgan fingerprint density at radius 2 is 1.88 bits per heavy atom. The van der Waals surface area contributed by atoms with E-state index in [1.165, 1.54) is 12.8 Å². The van der Waals surface area contributed by atoms with Crippen LogP contribution in [0.3, 0.4) is 0 Å². The maximum atomic E-state index is 5.87. The Balaban J connectivity index is 0.00000128. The highest BCUT2D eigenvalue weighted by atomic mass is 35.5. The first-order chi connectivity index (χ1) is 7.29. The summed E-state index contributed by atoms with van der Waals surface area (Å²) >= 11 is 0. The van der Waals surface area contributed by atoms with Crippen molar-refractivity contribution in [1.29, 1.82) is 0 Å². The Bertz CT molecular complexity index is 338. The van der Waals surface area contributed by atoms with Crippen LogP contribution in [0, 0.1) is 0 Å². The second-order valence-electron chi connectivity index (χ2n) is 3.93. The molecular formula is C12H17ClNO2-. The van der Waals surface area contributed by atoms with E-state index in [-0.39, 0.29) is 12.4 Å². The van der Waals surface area contributed by atoms with Gasteiger partial charge in [-0.25, -0.2) is 0 Å². The molecule has 1 aromatic rings. The summed E-state index contributed by atoms with van der Waals surface area (Å²) in [6.07, 6.45) is 5.13. The molecule has 0 aliphatic heterocycles. The van der Waals surface area contributed by atoms with Crippen molar-refractivity contribution < 1.29 is 21.9 Å². The van der Waals surface area contributed by atoms with E-state index in [0.717, 1.165) is 24.3 Å². The van der Waals surface area contributed by atoms with E-state index in [1.54, 1.807) is 7.11 Å². The molecule has 3 nitrogen and oxygen atoms in total. The second-order valence-corrected chi connectivity index (χ2v) is 3.93. The predicted octanol–water partition coefficient (Wildman–Crippen LogP) is -0.397. The minimum absolute atomic E-state index is 0. The van der Waals surface area contributed by atoms with Gasteiger partial charge < -0.3 is 27.6 Å². The molecule has 0 bridgehead atoms. The third kappa shape index (κ3) is 2.95. The number of halogens is 1. The molecule has 0 unspecified atom stereocenters. The number of methoxy groups -OCH3 is 1. The Morgan fingerprint density at radius 1 is 1.19 bits per heavy atom. The molecule has 1 fully saturated rings. The lowest BCUT2D eigenvalue weighted by atomic mass is 10.2. The number of hydrogen-bond donors (Lipinski definition) is 1. The lowest BCUT2D eigenvalue weighted by Gasteiger charge is -2.16. The van der Waals surface area contributed by atoms with Crippen LogP contribution in [0.5, 0.6) is 11.5 Å². The molecular weight excluding hydrogens is 226 g/mol. The van der Waals surface area contributed by atoms with Crippen LogP contribution >= 0.6 is 0 Å². The van der Waals surface area contributed by atoms with Crippen LogP contribution < -0.4 is 27.6 Å². The van der Waals surface area contributed by atoms with E-state index in [2.05, 4.69) is 0 Å². The molecule has 1 aliphatic carbocycles. The van der Waals surface area contributed by atoms with Gasteiger partial charge in [-0.05, 0) is 37.8 Å². The molecule has 0 saturated heterocycles. The minimum Gasteiger partial charge on any atom is -1.00 e. The summed E-state index contributed by atoms with van der Waals surface area (Å²) in [5.41, 5.74) is 6.43. The molecule has 0 heterocycles. The first-order valence-corrected chi connectivity index (χ1v) is 5.40. The van der Waals surface area contributed by atoms with Crippen LogP contribution in [0.4, 0.5) is 5.69 Å². The standard InChI is InChI=1S/C12H17NO2.ClH/c1-14-11-7-6-9(13)8-12(11)15-10-4-2-3-5-10;/h6-8,10H,2-5,13H2,1H3;1H/p-1. The summed E-state index contributed by atoms with van der Waals surface area (Å²) in [6.45, 7) is 0. The first-order valence-electron chi connectivity index (χ1n) is 5.40. The number of anilines is 1. The van der Waals surface area contributed by atoms with E-state index in [9.17, 15) is 0 Å². The van der Waals surface area contributed by atoms with Gasteiger partial charge in [-0.2, -0.15) is 0 Å². The summed E-state index contributed by atoms with van der Waals surface area (Å²) in [6, 6.07) is 5.50. The van der Waals surface area contributed by atoms with Gasteiger partial charge in [0.25, 0.3) is 0 Å². The van der Waals surface area contributed by atoms with Crippen molar-refractivity contribution in [3.05, 3.63) is 18.2 Å². The number of nitrogen functional groups attached to an aromatic ring is 1. The third-order valence-corrected chi connectivity index (χ3v) is 2.78. The maximum Gasteiger partial charge on any atom is 0.163 e. The minimum atomic E-state index is 0. The zero-order chi connectivity index (χ0) is 10.7. The van der Waals surface area contributed by atoms with E-state index < -0.39 is 0 Å². The molecule has 2 rings (SSSR count). The molecule has 0 aromatic heterocycles. The molecule has 90 valence electrons. The van der Waals surface area contributed by atoms with Crippen LogP contribution in [-0.2, 0) is 0 Å². The smallest absolute Gasteiger partial charge is 0.163 e. The van der Waals surface area contributed by atoms with E-state index >= 15 is 0 Å². The van der Waals surface area contributed by atoms with Gasteiger partial charge in [0.05, 0.1) is 13.2 Å². The highest BCUT2D eigenvalue weighted by Gasteiger charge is 2.18. The average Bonchev–Trinajstić information content (AvgIpc) is 2.71. The summed E-state index contributed by atoms with van der Waals surface area (Å²) in [4.78, 5) is 0. The largest absolute Gasteiger partial charge is 1.00 e. The van der Waals surface area contributed by atoms with Crippen LogP contribution in [0.1, 0.15) is 25.7 Å². The van der Waals surface area contributed by atoms with Crippen molar-refractivity contribution in [3.8, 4) is 11.5 Å². The van der Waals surface area contributed by atoms with Crippen molar-refractivity contribution >= 4 is 5.69 Å². The topological polar surface area (TPSA) is 44.5 Å². The number of benzene rings is 1. The zero-order valence-electron chi connectivity index (χ0n) is 9.41. The summed E-state index contributed by atoms with van der Waals surface area (Å²) in [5, 5.41) is 0. The predicted molar refractivity (Wildman–Crippen MR) is 60.3 cm³/mol. The van der Waals surface area contributed by atoms with Gasteiger partial charge in [0.1, 0.15) is 0 Å². The fourth-order valence-electron chi connectivity index (χ4n) is 1.97. The Hall–Kier alpha value is -1.09. The normalized spacial score (nSPS) is 15.6. The lowest BCUT2D eigenvalue weighted by molar-refractivity contribution is -0.00000425. The van der Waals surface area contributed by atoms with Crippen LogP contribution in [0.15, 0.2) is 18.2 Å². The fourth-order valence-corrected chi connectivity index (χ4v) is 1.97. The maximum absolute atomic E-state index is 5.87. The van der Waals surface area contributed by atoms with Gasteiger partial charge in [-0.3, -0.25) is 0 Å². The highest BCUT2D eigenvalue weighted by Crippen LogP contribution is 2.32. The van der Waals surface area contributed by atoms with Gasteiger partial charge in [-0.1, -0.05) is 0 Å². The molecule has 1 saturated carbocycles. The fraction of sp³-hybridized carbons (Fsp3) is 0.500. The van der Waals surface area contributed by atoms with Crippen molar-refractivity contribution in [2.75, 3.05) is 12.8 Å². The second kappa shape index (κ2) is 5.85. The van der Waals surface area contributed by atoms with Gasteiger partial charge in [0, 0.05) is 11.8 Å². The number of nitrogens with two attached hydrogens (primary N) is 1. The van der Waals surface area contributed by atoms with Gasteiger partial charge in [-0.15, -0.1) is 0 Å². The SMILES string of the molecule is COc1ccc(N)cc1OC1CCCC1.[Cl-]. The first kappa shape index (κ1) is 13.0. The average molecular weight is 243 g/mol. The monoisotopic (exact) mass is 242 g/mol. The van der Waals surface area contributed by atoms with Gasteiger partial charge >= 0.3 is 0 Å². The van der Waals surface area contributed by atoms with Crippen molar-refractivity contribution in [3.63, 3.8) is 0 Å². The molecule has 0 spiro atoms. The summed E-state index contributed by atoms with van der Waals surface area (Å²) < 4.78 is 11.1. The van der Waals surface area contributed by atoms with Gasteiger partial charge in [0.15, 0.2) is 11.5 Å².